The molecule has 0 bridgehead atoms. The second-order valence-corrected chi connectivity index (χ2v) is 3.31. The van der Waals surface area contributed by atoms with Crippen LogP contribution < -0.4 is 0 Å². The Balaban J connectivity index is 2.69. The van der Waals surface area contributed by atoms with Crippen molar-refractivity contribution in [1.29, 1.82) is 0 Å². The summed E-state index contributed by atoms with van der Waals surface area (Å²) in [6.07, 6.45) is -2.80. The first kappa shape index (κ1) is 14.7. The summed E-state index contributed by atoms with van der Waals surface area (Å²) in [5, 5.41) is 0. The van der Waals surface area contributed by atoms with E-state index in [2.05, 4.69) is 9.47 Å². The van der Waals surface area contributed by atoms with Gasteiger partial charge in [0.2, 0.25) is 0 Å². The number of carbonyl (C=O) groups is 2. The van der Waals surface area contributed by atoms with Crippen LogP contribution in [0.4, 0.5) is 13.2 Å². The molecule has 0 atom stereocenters. The van der Waals surface area contributed by atoms with E-state index >= 15 is 0 Å². The van der Waals surface area contributed by atoms with Gasteiger partial charge in [0.15, 0.2) is 0 Å². The van der Waals surface area contributed by atoms with Gasteiger partial charge in [-0.15, -0.1) is 0 Å². The average Bonchev–Trinajstić information content (AvgIpc) is 2.37. The number of carbonyl (C=O) groups excluding carboxylic acids is 2. The van der Waals surface area contributed by atoms with Crippen molar-refractivity contribution in [2.24, 2.45) is 0 Å². The highest BCUT2D eigenvalue weighted by atomic mass is 19.4. The van der Waals surface area contributed by atoms with Crippen LogP contribution >= 0.6 is 0 Å². The van der Waals surface area contributed by atoms with E-state index < -0.39 is 23.7 Å². The molecule has 1 aromatic rings. The zero-order valence-electron chi connectivity index (χ0n) is 9.73. The molecule has 0 spiro atoms. The van der Waals surface area contributed by atoms with Crippen LogP contribution in [0, 0.1) is 0 Å². The van der Waals surface area contributed by atoms with Crippen molar-refractivity contribution in [3.05, 3.63) is 47.7 Å². The van der Waals surface area contributed by atoms with E-state index in [-0.39, 0.29) is 5.56 Å². The molecule has 0 saturated carbocycles. The lowest BCUT2D eigenvalue weighted by Crippen LogP contribution is -2.06. The molecule has 0 radical (unpaired) electrons. The predicted molar refractivity (Wildman–Crippen MR) is 58.0 cm³/mol. The minimum absolute atomic E-state index is 0.0671. The molecule has 0 aliphatic carbocycles. The van der Waals surface area contributed by atoms with Crippen LogP contribution in [-0.4, -0.2) is 19.0 Å². The van der Waals surface area contributed by atoms with Crippen molar-refractivity contribution >= 4 is 11.9 Å². The fourth-order valence-electron chi connectivity index (χ4n) is 1.08. The monoisotopic (exact) mass is 274 g/mol. The third-order valence-corrected chi connectivity index (χ3v) is 2.03. The molecule has 4 nitrogen and oxygen atoms in total. The van der Waals surface area contributed by atoms with Crippen molar-refractivity contribution in [1.82, 2.24) is 0 Å². The number of hydrogen-bond acceptors (Lipinski definition) is 4. The molecule has 0 amide bonds. The van der Waals surface area contributed by atoms with Gasteiger partial charge in [0, 0.05) is 0 Å². The largest absolute Gasteiger partial charge is 0.466 e. The van der Waals surface area contributed by atoms with Crippen LogP contribution in [0.25, 0.3) is 0 Å². The Morgan fingerprint density at radius 1 is 1.16 bits per heavy atom. The van der Waals surface area contributed by atoms with Crippen molar-refractivity contribution in [3.8, 4) is 0 Å². The molecule has 0 unspecified atom stereocenters. The van der Waals surface area contributed by atoms with Crippen LogP contribution in [0.15, 0.2) is 36.6 Å². The molecule has 0 N–H and O–H groups in total. The number of alkyl halides is 3. The predicted octanol–water partition coefficient (Wildman–Crippen LogP) is 2.55. The van der Waals surface area contributed by atoms with Gasteiger partial charge in [0.05, 0.1) is 24.3 Å². The van der Waals surface area contributed by atoms with Gasteiger partial charge in [-0.3, -0.25) is 0 Å². The number of ether oxygens (including phenoxy) is 2. The average molecular weight is 274 g/mol. The first-order chi connectivity index (χ1) is 8.84. The van der Waals surface area contributed by atoms with E-state index in [1.165, 1.54) is 0 Å². The highest BCUT2D eigenvalue weighted by molar-refractivity contribution is 5.90. The maximum atomic E-state index is 12.3. The number of esters is 2. The molecular formula is C12H9F3O4. The lowest BCUT2D eigenvalue weighted by molar-refractivity contribution is -0.137. The van der Waals surface area contributed by atoms with Crippen molar-refractivity contribution in [2.75, 3.05) is 7.11 Å². The second-order valence-electron chi connectivity index (χ2n) is 3.31. The molecule has 0 aliphatic rings. The Labute approximate surface area is 106 Å². The molecule has 1 aromatic carbocycles. The standard InChI is InChI=1S/C12H9F3O4/c1-18-10(16)6-7-19-11(17)8-2-4-9(5-3-8)12(13,14)15/h2-7H,1H3/b7-6-. The summed E-state index contributed by atoms with van der Waals surface area (Å²) >= 11 is 0. The van der Waals surface area contributed by atoms with Gasteiger partial charge in [0.25, 0.3) is 0 Å². The van der Waals surface area contributed by atoms with E-state index in [1.807, 2.05) is 0 Å². The molecule has 0 saturated heterocycles. The first-order valence-corrected chi connectivity index (χ1v) is 4.97. The van der Waals surface area contributed by atoms with E-state index in [1.54, 1.807) is 0 Å². The second kappa shape index (κ2) is 6.03. The number of rotatable bonds is 3. The van der Waals surface area contributed by atoms with Crippen molar-refractivity contribution < 1.29 is 32.2 Å². The summed E-state index contributed by atoms with van der Waals surface area (Å²) in [6, 6.07) is 3.50. The minimum Gasteiger partial charge on any atom is -0.466 e. The minimum atomic E-state index is -4.47. The molecule has 0 aromatic heterocycles. The fourth-order valence-corrected chi connectivity index (χ4v) is 1.08. The molecule has 0 heterocycles. The van der Waals surface area contributed by atoms with E-state index in [4.69, 9.17) is 0 Å². The zero-order valence-corrected chi connectivity index (χ0v) is 9.73. The van der Waals surface area contributed by atoms with Gasteiger partial charge in [-0.2, -0.15) is 13.2 Å². The third kappa shape index (κ3) is 4.46. The summed E-state index contributed by atoms with van der Waals surface area (Å²) in [5.41, 5.74) is -0.934. The Morgan fingerprint density at radius 3 is 2.21 bits per heavy atom. The van der Waals surface area contributed by atoms with Crippen LogP contribution in [0.5, 0.6) is 0 Å². The van der Waals surface area contributed by atoms with Crippen LogP contribution in [0.1, 0.15) is 15.9 Å². The van der Waals surface area contributed by atoms with Crippen molar-refractivity contribution in [2.45, 2.75) is 6.18 Å². The number of halogens is 3. The Morgan fingerprint density at radius 2 is 1.74 bits per heavy atom. The number of methoxy groups -OCH3 is 1. The summed E-state index contributed by atoms with van der Waals surface area (Å²) in [4.78, 5) is 22.0. The lowest BCUT2D eigenvalue weighted by atomic mass is 10.1. The topological polar surface area (TPSA) is 52.6 Å². The van der Waals surface area contributed by atoms with E-state index in [9.17, 15) is 22.8 Å². The van der Waals surface area contributed by atoms with Crippen LogP contribution in [-0.2, 0) is 20.4 Å². The van der Waals surface area contributed by atoms with Crippen LogP contribution in [0.2, 0.25) is 0 Å². The lowest BCUT2D eigenvalue weighted by Gasteiger charge is -2.06. The first-order valence-electron chi connectivity index (χ1n) is 4.97. The van der Waals surface area contributed by atoms with Gasteiger partial charge in [0.1, 0.15) is 6.26 Å². The third-order valence-electron chi connectivity index (χ3n) is 2.03. The molecule has 19 heavy (non-hydrogen) atoms. The summed E-state index contributed by atoms with van der Waals surface area (Å²) in [5.74, 6) is -1.60. The van der Waals surface area contributed by atoms with Gasteiger partial charge in [-0.25, -0.2) is 9.59 Å². The number of hydrogen-bond donors (Lipinski definition) is 0. The zero-order chi connectivity index (χ0) is 14.5. The molecule has 102 valence electrons. The van der Waals surface area contributed by atoms with Gasteiger partial charge < -0.3 is 9.47 Å². The smallest absolute Gasteiger partial charge is 0.416 e. The van der Waals surface area contributed by atoms with Gasteiger partial charge in [-0.05, 0) is 24.3 Å². The highest BCUT2D eigenvalue weighted by Gasteiger charge is 2.30. The van der Waals surface area contributed by atoms with E-state index in [0.717, 1.165) is 43.7 Å². The Hall–Kier alpha value is -2.31. The van der Waals surface area contributed by atoms with Gasteiger partial charge >= 0.3 is 18.1 Å². The Bertz CT molecular complexity index is 489. The maximum absolute atomic E-state index is 12.3. The Kier molecular flexibility index (Phi) is 4.68. The maximum Gasteiger partial charge on any atom is 0.416 e. The molecule has 1 rings (SSSR count). The van der Waals surface area contributed by atoms with Gasteiger partial charge in [-0.1, -0.05) is 0 Å². The molecule has 0 aliphatic heterocycles. The summed E-state index contributed by atoms with van der Waals surface area (Å²) in [6.45, 7) is 0. The summed E-state index contributed by atoms with van der Waals surface area (Å²) < 4.78 is 45.6. The summed E-state index contributed by atoms with van der Waals surface area (Å²) in [7, 11) is 1.14. The molecule has 7 heteroatoms. The van der Waals surface area contributed by atoms with Crippen molar-refractivity contribution in [3.63, 3.8) is 0 Å². The normalized spacial score (nSPS) is 11.4. The highest BCUT2D eigenvalue weighted by Crippen LogP contribution is 2.29. The molecular weight excluding hydrogens is 265 g/mol. The van der Waals surface area contributed by atoms with Crippen LogP contribution in [0.3, 0.4) is 0 Å². The molecule has 0 fully saturated rings. The van der Waals surface area contributed by atoms with E-state index in [0.29, 0.717) is 0 Å². The quantitative estimate of drug-likeness (QED) is 0.483. The SMILES string of the molecule is COC(=O)/C=C\OC(=O)c1ccc(C(F)(F)F)cc1. The fraction of sp³-hybridized carbons (Fsp3) is 0.167. The number of benzene rings is 1.